The molecule has 17 heavy (non-hydrogen) atoms. The first-order valence-corrected chi connectivity index (χ1v) is 8.03. The molecule has 2 aliphatic carbocycles. The minimum absolute atomic E-state index is 0.0802. The van der Waals surface area contributed by atoms with E-state index in [9.17, 15) is 9.90 Å². The summed E-state index contributed by atoms with van der Waals surface area (Å²) in [5.74, 6) is 0.128. The fourth-order valence-corrected chi connectivity index (χ4v) is 5.21. The van der Waals surface area contributed by atoms with Crippen molar-refractivity contribution in [2.45, 2.75) is 68.8 Å². The van der Waals surface area contributed by atoms with Crippen molar-refractivity contribution in [1.82, 2.24) is 0 Å². The standard InChI is InChI=1S/C14H24O2S/c1-2-10-7-8-12(14(15)16)13(9-10)17-11-5-3-4-6-11/h10-13H,2-9H2,1H3,(H,15,16). The molecule has 0 aliphatic heterocycles. The first kappa shape index (κ1) is 13.3. The maximum absolute atomic E-state index is 11.3. The van der Waals surface area contributed by atoms with Crippen LogP contribution in [0.5, 0.6) is 0 Å². The van der Waals surface area contributed by atoms with Crippen LogP contribution in [0.1, 0.15) is 58.3 Å². The normalized spacial score (nSPS) is 35.0. The SMILES string of the molecule is CCC1CCC(C(=O)O)C(SC2CCCC2)C1. The average Bonchev–Trinajstić information content (AvgIpc) is 2.81. The molecule has 3 heteroatoms. The minimum atomic E-state index is -0.560. The number of hydrogen-bond acceptors (Lipinski definition) is 2. The Morgan fingerprint density at radius 2 is 1.94 bits per heavy atom. The van der Waals surface area contributed by atoms with Crippen LogP contribution >= 0.6 is 11.8 Å². The van der Waals surface area contributed by atoms with Crippen molar-refractivity contribution in [3.63, 3.8) is 0 Å². The maximum atomic E-state index is 11.3. The summed E-state index contributed by atoms with van der Waals surface area (Å²) in [6, 6.07) is 0. The molecule has 0 amide bonds. The summed E-state index contributed by atoms with van der Waals surface area (Å²) in [6.07, 6.45) is 9.68. The van der Waals surface area contributed by atoms with E-state index in [1.54, 1.807) is 0 Å². The molecule has 2 saturated carbocycles. The van der Waals surface area contributed by atoms with E-state index in [4.69, 9.17) is 0 Å². The zero-order chi connectivity index (χ0) is 12.3. The first-order valence-electron chi connectivity index (χ1n) is 7.09. The third-order valence-corrected chi connectivity index (χ3v) is 6.19. The Balaban J connectivity index is 1.94. The molecule has 0 bridgehead atoms. The maximum Gasteiger partial charge on any atom is 0.307 e. The van der Waals surface area contributed by atoms with E-state index in [1.165, 1.54) is 32.1 Å². The molecular formula is C14H24O2S. The fraction of sp³-hybridized carbons (Fsp3) is 0.929. The van der Waals surface area contributed by atoms with Gasteiger partial charge in [0.2, 0.25) is 0 Å². The van der Waals surface area contributed by atoms with E-state index in [2.05, 4.69) is 6.92 Å². The predicted molar refractivity (Wildman–Crippen MR) is 72.4 cm³/mol. The average molecular weight is 256 g/mol. The van der Waals surface area contributed by atoms with Gasteiger partial charge < -0.3 is 5.11 Å². The number of aliphatic carboxylic acids is 1. The van der Waals surface area contributed by atoms with Crippen LogP contribution in [0.25, 0.3) is 0 Å². The van der Waals surface area contributed by atoms with Gasteiger partial charge in [-0.25, -0.2) is 0 Å². The number of thioether (sulfide) groups is 1. The predicted octanol–water partition coefficient (Wildman–Crippen LogP) is 3.94. The summed E-state index contributed by atoms with van der Waals surface area (Å²) in [5, 5.41) is 10.5. The van der Waals surface area contributed by atoms with Crippen molar-refractivity contribution < 1.29 is 9.90 Å². The lowest BCUT2D eigenvalue weighted by Gasteiger charge is -2.34. The third kappa shape index (κ3) is 3.40. The molecule has 0 saturated heterocycles. The van der Waals surface area contributed by atoms with Gasteiger partial charge in [-0.2, -0.15) is 11.8 Å². The fourth-order valence-electron chi connectivity index (χ4n) is 3.29. The lowest BCUT2D eigenvalue weighted by atomic mass is 9.80. The molecule has 3 atom stereocenters. The van der Waals surface area contributed by atoms with Crippen LogP contribution in [0.3, 0.4) is 0 Å². The molecule has 0 aromatic carbocycles. The van der Waals surface area contributed by atoms with E-state index in [0.717, 1.165) is 30.4 Å². The summed E-state index contributed by atoms with van der Waals surface area (Å²) >= 11 is 2.00. The van der Waals surface area contributed by atoms with Gasteiger partial charge in [0.05, 0.1) is 5.92 Å². The second-order valence-electron chi connectivity index (χ2n) is 5.61. The van der Waals surface area contributed by atoms with E-state index in [0.29, 0.717) is 5.25 Å². The highest BCUT2D eigenvalue weighted by molar-refractivity contribution is 8.00. The largest absolute Gasteiger partial charge is 0.481 e. The van der Waals surface area contributed by atoms with Crippen molar-refractivity contribution in [2.24, 2.45) is 11.8 Å². The smallest absolute Gasteiger partial charge is 0.307 e. The van der Waals surface area contributed by atoms with Crippen LogP contribution < -0.4 is 0 Å². The van der Waals surface area contributed by atoms with Crippen LogP contribution in [-0.2, 0) is 4.79 Å². The molecular weight excluding hydrogens is 232 g/mol. The van der Waals surface area contributed by atoms with Crippen LogP contribution in [0.2, 0.25) is 0 Å². The zero-order valence-corrected chi connectivity index (χ0v) is 11.5. The van der Waals surface area contributed by atoms with E-state index < -0.39 is 5.97 Å². The van der Waals surface area contributed by atoms with Gasteiger partial charge in [-0.3, -0.25) is 4.79 Å². The Bertz CT molecular complexity index is 261. The Morgan fingerprint density at radius 3 is 2.53 bits per heavy atom. The van der Waals surface area contributed by atoms with Crippen molar-refractivity contribution in [3.05, 3.63) is 0 Å². The summed E-state index contributed by atoms with van der Waals surface area (Å²) in [7, 11) is 0. The lowest BCUT2D eigenvalue weighted by Crippen LogP contribution is -2.33. The van der Waals surface area contributed by atoms with Crippen molar-refractivity contribution >= 4 is 17.7 Å². The lowest BCUT2D eigenvalue weighted by molar-refractivity contribution is -0.142. The van der Waals surface area contributed by atoms with Gasteiger partial charge in [0, 0.05) is 10.5 Å². The molecule has 98 valence electrons. The van der Waals surface area contributed by atoms with Gasteiger partial charge in [-0.15, -0.1) is 0 Å². The molecule has 2 fully saturated rings. The second-order valence-corrected chi connectivity index (χ2v) is 7.16. The molecule has 2 rings (SSSR count). The van der Waals surface area contributed by atoms with Crippen molar-refractivity contribution in [3.8, 4) is 0 Å². The number of carboxylic acids is 1. The molecule has 2 nitrogen and oxygen atoms in total. The highest BCUT2D eigenvalue weighted by Gasteiger charge is 2.36. The Hall–Kier alpha value is -0.180. The number of carbonyl (C=O) groups is 1. The summed E-state index contributed by atoms with van der Waals surface area (Å²) < 4.78 is 0. The molecule has 1 N–H and O–H groups in total. The molecule has 3 unspecified atom stereocenters. The summed E-state index contributed by atoms with van der Waals surface area (Å²) in [6.45, 7) is 2.24. The topological polar surface area (TPSA) is 37.3 Å². The van der Waals surface area contributed by atoms with Crippen LogP contribution in [0, 0.1) is 11.8 Å². The molecule has 0 radical (unpaired) electrons. The van der Waals surface area contributed by atoms with Crippen LogP contribution in [0.15, 0.2) is 0 Å². The highest BCUT2D eigenvalue weighted by Crippen LogP contribution is 2.43. The van der Waals surface area contributed by atoms with Gasteiger partial charge in [-0.05, 0) is 38.0 Å². The summed E-state index contributed by atoms with van der Waals surface area (Å²) in [5.41, 5.74) is 0. The number of hydrogen-bond donors (Lipinski definition) is 1. The Kier molecular flexibility index (Phi) is 4.78. The first-order chi connectivity index (χ1) is 8.20. The monoisotopic (exact) mass is 256 g/mol. The second kappa shape index (κ2) is 6.12. The molecule has 0 heterocycles. The minimum Gasteiger partial charge on any atom is -0.481 e. The number of rotatable bonds is 4. The van der Waals surface area contributed by atoms with Gasteiger partial charge in [-0.1, -0.05) is 26.2 Å². The van der Waals surface area contributed by atoms with E-state index >= 15 is 0 Å². The Labute approximate surface area is 109 Å². The van der Waals surface area contributed by atoms with E-state index in [1.807, 2.05) is 11.8 Å². The van der Waals surface area contributed by atoms with Gasteiger partial charge in [0.25, 0.3) is 0 Å². The molecule has 0 spiro atoms. The van der Waals surface area contributed by atoms with Crippen molar-refractivity contribution in [2.75, 3.05) is 0 Å². The highest BCUT2D eigenvalue weighted by atomic mass is 32.2. The molecule has 2 aliphatic rings. The zero-order valence-electron chi connectivity index (χ0n) is 10.7. The number of carboxylic acid groups (broad SMARTS) is 1. The molecule has 0 aromatic rings. The van der Waals surface area contributed by atoms with Crippen molar-refractivity contribution in [1.29, 1.82) is 0 Å². The van der Waals surface area contributed by atoms with Crippen LogP contribution in [0.4, 0.5) is 0 Å². The summed E-state index contributed by atoms with van der Waals surface area (Å²) in [4.78, 5) is 11.3. The molecule has 0 aromatic heterocycles. The van der Waals surface area contributed by atoms with Crippen LogP contribution in [-0.4, -0.2) is 21.6 Å². The van der Waals surface area contributed by atoms with Gasteiger partial charge in [0.15, 0.2) is 0 Å². The quantitative estimate of drug-likeness (QED) is 0.827. The van der Waals surface area contributed by atoms with Gasteiger partial charge in [0.1, 0.15) is 0 Å². The van der Waals surface area contributed by atoms with E-state index in [-0.39, 0.29) is 5.92 Å². The van der Waals surface area contributed by atoms with Gasteiger partial charge >= 0.3 is 5.97 Å². The third-order valence-electron chi connectivity index (χ3n) is 4.46. The Morgan fingerprint density at radius 1 is 1.24 bits per heavy atom.